The van der Waals surface area contributed by atoms with Crippen LogP contribution in [0.5, 0.6) is 0 Å². The lowest BCUT2D eigenvalue weighted by Gasteiger charge is -2.30. The van der Waals surface area contributed by atoms with Crippen molar-refractivity contribution in [2.24, 2.45) is 0 Å². The van der Waals surface area contributed by atoms with Gasteiger partial charge in [-0.25, -0.2) is 4.98 Å². The molecule has 0 atom stereocenters. The highest BCUT2D eigenvalue weighted by Gasteiger charge is 2.27. The Labute approximate surface area is 113 Å². The van der Waals surface area contributed by atoms with Crippen molar-refractivity contribution in [1.82, 2.24) is 9.88 Å². The number of aromatic nitrogens is 1. The van der Waals surface area contributed by atoms with Crippen molar-refractivity contribution in [3.63, 3.8) is 0 Å². The first-order valence-electron chi connectivity index (χ1n) is 6.34. The van der Waals surface area contributed by atoms with Gasteiger partial charge in [0, 0.05) is 12.1 Å². The lowest BCUT2D eigenvalue weighted by molar-refractivity contribution is 0.0647. The zero-order chi connectivity index (χ0) is 14.0. The average molecular weight is 269 g/mol. The smallest absolute Gasteiger partial charge is 0.266 e. The first-order chi connectivity index (χ1) is 8.25. The molecule has 1 aromatic rings. The van der Waals surface area contributed by atoms with Gasteiger partial charge in [-0.05, 0) is 33.6 Å². The fourth-order valence-corrected chi connectivity index (χ4v) is 3.01. The third kappa shape index (κ3) is 3.02. The van der Waals surface area contributed by atoms with Crippen molar-refractivity contribution < 1.29 is 4.79 Å². The van der Waals surface area contributed by atoms with Gasteiger partial charge in [0.2, 0.25) is 0 Å². The lowest BCUT2D eigenvalue weighted by atomic mass is 10.1. The summed E-state index contributed by atoms with van der Waals surface area (Å²) in [5, 5.41) is 0.467. The summed E-state index contributed by atoms with van der Waals surface area (Å²) >= 11 is 1.29. The first-order valence-corrected chi connectivity index (χ1v) is 7.16. The van der Waals surface area contributed by atoms with Gasteiger partial charge < -0.3 is 10.6 Å². The van der Waals surface area contributed by atoms with E-state index in [1.165, 1.54) is 11.3 Å². The number of nitrogen functional groups attached to an aromatic ring is 1. The van der Waals surface area contributed by atoms with Crippen molar-refractivity contribution >= 4 is 22.4 Å². The van der Waals surface area contributed by atoms with Gasteiger partial charge in [-0.1, -0.05) is 25.2 Å². The van der Waals surface area contributed by atoms with E-state index in [1.807, 2.05) is 46.4 Å². The maximum absolute atomic E-state index is 12.6. The third-order valence-electron chi connectivity index (χ3n) is 2.76. The Balaban J connectivity index is 3.16. The highest BCUT2D eigenvalue weighted by Crippen LogP contribution is 2.28. The summed E-state index contributed by atoms with van der Waals surface area (Å²) < 4.78 is 0. The standard InChI is InChI=1S/C13H23N3OS/c1-7(2)10-11(18-13(14)15-10)12(17)16(8(3)4)9(5)6/h7-9H,1-6H3,(H2,14,15). The van der Waals surface area contributed by atoms with Crippen LogP contribution < -0.4 is 5.73 Å². The van der Waals surface area contributed by atoms with Gasteiger partial charge in [0.1, 0.15) is 4.88 Å². The van der Waals surface area contributed by atoms with E-state index >= 15 is 0 Å². The molecule has 4 nitrogen and oxygen atoms in total. The monoisotopic (exact) mass is 269 g/mol. The molecule has 5 heteroatoms. The molecule has 18 heavy (non-hydrogen) atoms. The minimum absolute atomic E-state index is 0.0397. The van der Waals surface area contributed by atoms with E-state index in [4.69, 9.17) is 5.73 Å². The Morgan fingerprint density at radius 2 is 1.67 bits per heavy atom. The molecule has 0 bridgehead atoms. The summed E-state index contributed by atoms with van der Waals surface area (Å²) in [6.45, 7) is 12.2. The topological polar surface area (TPSA) is 59.2 Å². The van der Waals surface area contributed by atoms with Crippen LogP contribution in [-0.2, 0) is 0 Å². The van der Waals surface area contributed by atoms with Gasteiger partial charge in [-0.15, -0.1) is 0 Å². The molecule has 0 aromatic carbocycles. The number of amides is 1. The number of carbonyl (C=O) groups excluding carboxylic acids is 1. The maximum Gasteiger partial charge on any atom is 0.266 e. The van der Waals surface area contributed by atoms with E-state index in [-0.39, 0.29) is 23.9 Å². The minimum Gasteiger partial charge on any atom is -0.375 e. The van der Waals surface area contributed by atoms with Gasteiger partial charge >= 0.3 is 0 Å². The number of anilines is 1. The molecule has 0 aliphatic heterocycles. The summed E-state index contributed by atoms with van der Waals surface area (Å²) in [5.74, 6) is 0.247. The van der Waals surface area contributed by atoms with Crippen LogP contribution in [0.1, 0.15) is 62.8 Å². The molecule has 0 fully saturated rings. The van der Waals surface area contributed by atoms with Crippen molar-refractivity contribution in [3.05, 3.63) is 10.6 Å². The second-order valence-corrected chi connectivity index (χ2v) is 6.35. The molecule has 0 aliphatic carbocycles. The predicted octanol–water partition coefficient (Wildman–Crippen LogP) is 3.11. The fourth-order valence-electron chi connectivity index (χ4n) is 2.08. The summed E-state index contributed by atoms with van der Waals surface area (Å²) in [7, 11) is 0. The number of rotatable bonds is 4. The molecule has 0 saturated carbocycles. The highest BCUT2D eigenvalue weighted by molar-refractivity contribution is 7.17. The van der Waals surface area contributed by atoms with E-state index in [9.17, 15) is 4.79 Å². The molecule has 1 amide bonds. The Kier molecular flexibility index (Phi) is 4.73. The largest absolute Gasteiger partial charge is 0.375 e. The Bertz CT molecular complexity index is 416. The van der Waals surface area contributed by atoms with Crippen LogP contribution in [0.3, 0.4) is 0 Å². The Morgan fingerprint density at radius 1 is 1.17 bits per heavy atom. The number of hydrogen-bond donors (Lipinski definition) is 1. The minimum atomic E-state index is 0.0397. The zero-order valence-corrected chi connectivity index (χ0v) is 12.8. The van der Waals surface area contributed by atoms with E-state index in [0.29, 0.717) is 10.0 Å². The van der Waals surface area contributed by atoms with Gasteiger partial charge in [-0.2, -0.15) is 0 Å². The van der Waals surface area contributed by atoms with Crippen molar-refractivity contribution in [1.29, 1.82) is 0 Å². The molecule has 2 N–H and O–H groups in total. The second-order valence-electron chi connectivity index (χ2n) is 5.32. The summed E-state index contributed by atoms with van der Waals surface area (Å²) in [6.07, 6.45) is 0. The van der Waals surface area contributed by atoms with Crippen LogP contribution >= 0.6 is 11.3 Å². The fraction of sp³-hybridized carbons (Fsp3) is 0.692. The Morgan fingerprint density at radius 3 is 2.06 bits per heavy atom. The molecule has 1 aromatic heterocycles. The van der Waals surface area contributed by atoms with Crippen LogP contribution in [-0.4, -0.2) is 27.9 Å². The maximum atomic E-state index is 12.6. The van der Waals surface area contributed by atoms with Crippen LogP contribution in [0.15, 0.2) is 0 Å². The highest BCUT2D eigenvalue weighted by atomic mass is 32.1. The molecule has 0 radical (unpaired) electrons. The van der Waals surface area contributed by atoms with Crippen LogP contribution in [0.2, 0.25) is 0 Å². The van der Waals surface area contributed by atoms with Gasteiger partial charge in [0.25, 0.3) is 5.91 Å². The summed E-state index contributed by atoms with van der Waals surface area (Å²) in [6, 6.07) is 0.335. The molecule has 0 aliphatic rings. The van der Waals surface area contributed by atoms with Crippen LogP contribution in [0.25, 0.3) is 0 Å². The summed E-state index contributed by atoms with van der Waals surface area (Å²) in [4.78, 5) is 19.4. The normalized spacial score (nSPS) is 11.6. The van der Waals surface area contributed by atoms with Crippen molar-refractivity contribution in [2.75, 3.05) is 5.73 Å². The second kappa shape index (κ2) is 5.69. The van der Waals surface area contributed by atoms with E-state index in [1.54, 1.807) is 0 Å². The van der Waals surface area contributed by atoms with Crippen LogP contribution in [0.4, 0.5) is 5.13 Å². The quantitative estimate of drug-likeness (QED) is 0.913. The molecule has 0 spiro atoms. The number of nitrogens with two attached hydrogens (primary N) is 1. The molecule has 0 saturated heterocycles. The molecule has 0 unspecified atom stereocenters. The molecular formula is C13H23N3OS. The number of hydrogen-bond acceptors (Lipinski definition) is 4. The number of thiazole rings is 1. The molecule has 1 heterocycles. The zero-order valence-electron chi connectivity index (χ0n) is 12.0. The molecule has 102 valence electrons. The third-order valence-corrected chi connectivity index (χ3v) is 3.65. The summed E-state index contributed by atoms with van der Waals surface area (Å²) in [5.41, 5.74) is 6.56. The number of carbonyl (C=O) groups is 1. The predicted molar refractivity (Wildman–Crippen MR) is 77.1 cm³/mol. The number of nitrogens with zero attached hydrogens (tertiary/aromatic N) is 2. The van der Waals surface area contributed by atoms with Crippen molar-refractivity contribution in [3.8, 4) is 0 Å². The van der Waals surface area contributed by atoms with E-state index in [2.05, 4.69) is 4.98 Å². The molecule has 1 rings (SSSR count). The molecular weight excluding hydrogens is 246 g/mol. The van der Waals surface area contributed by atoms with E-state index < -0.39 is 0 Å². The van der Waals surface area contributed by atoms with Gasteiger partial charge in [0.15, 0.2) is 5.13 Å². The van der Waals surface area contributed by atoms with Crippen LogP contribution in [0, 0.1) is 0 Å². The van der Waals surface area contributed by atoms with Crippen molar-refractivity contribution in [2.45, 2.75) is 59.5 Å². The lowest BCUT2D eigenvalue weighted by Crippen LogP contribution is -2.42. The SMILES string of the molecule is CC(C)c1nc(N)sc1C(=O)N(C(C)C)C(C)C. The van der Waals surface area contributed by atoms with E-state index in [0.717, 1.165) is 5.69 Å². The first kappa shape index (κ1) is 15.0. The Hall–Kier alpha value is -1.10. The van der Waals surface area contributed by atoms with Gasteiger partial charge in [0.05, 0.1) is 5.69 Å². The van der Waals surface area contributed by atoms with Gasteiger partial charge in [-0.3, -0.25) is 4.79 Å². The average Bonchev–Trinajstić information content (AvgIpc) is 2.59.